The lowest BCUT2D eigenvalue weighted by atomic mass is 9.49. The summed E-state index contributed by atoms with van der Waals surface area (Å²) in [4.78, 5) is 4.55. The predicted molar refractivity (Wildman–Crippen MR) is 76.7 cm³/mol. The van der Waals surface area contributed by atoms with Gasteiger partial charge in [-0.05, 0) is 75.5 Å². The first kappa shape index (κ1) is 11.8. The molecule has 3 nitrogen and oxygen atoms in total. The quantitative estimate of drug-likeness (QED) is 0.885. The standard InChI is InChI=1S/C16H25N3/c1-10-15(17)19(11(2)18-10)9-16-6-12-3-13(7-16)5-14(4-12)8-16/h12-14H,3-9,17H2,1-2H3. The van der Waals surface area contributed by atoms with Crippen molar-refractivity contribution in [2.75, 3.05) is 5.73 Å². The highest BCUT2D eigenvalue weighted by molar-refractivity contribution is 5.37. The summed E-state index contributed by atoms with van der Waals surface area (Å²) >= 11 is 0. The van der Waals surface area contributed by atoms with Crippen LogP contribution in [-0.2, 0) is 6.54 Å². The van der Waals surface area contributed by atoms with Gasteiger partial charge in [0, 0.05) is 6.54 Å². The second-order valence-corrected chi connectivity index (χ2v) is 7.63. The number of nitrogens with two attached hydrogens (primary N) is 1. The third-order valence-electron chi connectivity index (χ3n) is 6.04. The molecule has 1 aromatic heterocycles. The van der Waals surface area contributed by atoms with Crippen molar-refractivity contribution >= 4 is 5.82 Å². The lowest BCUT2D eigenvalue weighted by molar-refractivity contribution is -0.0618. The van der Waals surface area contributed by atoms with E-state index in [-0.39, 0.29) is 0 Å². The molecule has 4 bridgehead atoms. The number of anilines is 1. The van der Waals surface area contributed by atoms with Gasteiger partial charge in [0.2, 0.25) is 0 Å². The fourth-order valence-corrected chi connectivity index (χ4v) is 5.75. The van der Waals surface area contributed by atoms with Gasteiger partial charge in [0.15, 0.2) is 0 Å². The van der Waals surface area contributed by atoms with Gasteiger partial charge in [0.1, 0.15) is 11.6 Å². The minimum atomic E-state index is 0.542. The van der Waals surface area contributed by atoms with Crippen LogP contribution in [0.25, 0.3) is 0 Å². The third-order valence-corrected chi connectivity index (χ3v) is 6.04. The summed E-state index contributed by atoms with van der Waals surface area (Å²) in [6, 6.07) is 0. The molecule has 1 aromatic rings. The first-order chi connectivity index (χ1) is 9.05. The Kier molecular flexibility index (Phi) is 2.34. The van der Waals surface area contributed by atoms with Crippen LogP contribution in [0.3, 0.4) is 0 Å². The summed E-state index contributed by atoms with van der Waals surface area (Å²) in [5, 5.41) is 0. The molecule has 0 amide bonds. The molecule has 3 heteroatoms. The van der Waals surface area contributed by atoms with Crippen molar-refractivity contribution in [3.05, 3.63) is 11.5 Å². The van der Waals surface area contributed by atoms with E-state index in [1.807, 2.05) is 6.92 Å². The summed E-state index contributed by atoms with van der Waals surface area (Å²) in [6.45, 7) is 5.25. The SMILES string of the molecule is Cc1nc(C)n(CC23CC4CC(CC(C4)C2)C3)c1N. The molecule has 2 N–H and O–H groups in total. The molecule has 0 atom stereocenters. The zero-order valence-corrected chi connectivity index (χ0v) is 12.2. The highest BCUT2D eigenvalue weighted by atomic mass is 15.1. The Hall–Kier alpha value is -0.990. The molecule has 0 spiro atoms. The largest absolute Gasteiger partial charge is 0.384 e. The molecular formula is C16H25N3. The van der Waals surface area contributed by atoms with Gasteiger partial charge in [0.25, 0.3) is 0 Å². The Labute approximate surface area is 115 Å². The summed E-state index contributed by atoms with van der Waals surface area (Å²) < 4.78 is 2.29. The van der Waals surface area contributed by atoms with Crippen LogP contribution in [0.4, 0.5) is 5.82 Å². The van der Waals surface area contributed by atoms with Crippen molar-refractivity contribution in [2.24, 2.45) is 23.2 Å². The Morgan fingerprint density at radius 1 is 1.11 bits per heavy atom. The van der Waals surface area contributed by atoms with Crippen LogP contribution in [0, 0.1) is 37.0 Å². The van der Waals surface area contributed by atoms with Gasteiger partial charge in [-0.1, -0.05) is 0 Å². The molecular weight excluding hydrogens is 234 g/mol. The molecule has 4 aliphatic rings. The molecule has 0 radical (unpaired) electrons. The highest BCUT2D eigenvalue weighted by Gasteiger charge is 2.51. The molecule has 0 aliphatic heterocycles. The fourth-order valence-electron chi connectivity index (χ4n) is 5.75. The van der Waals surface area contributed by atoms with E-state index < -0.39 is 0 Å². The maximum atomic E-state index is 6.23. The topological polar surface area (TPSA) is 43.8 Å². The summed E-state index contributed by atoms with van der Waals surface area (Å²) in [5.74, 6) is 5.03. The molecule has 1 heterocycles. The molecule has 104 valence electrons. The number of hydrogen-bond donors (Lipinski definition) is 1. The van der Waals surface area contributed by atoms with Crippen molar-refractivity contribution in [2.45, 2.75) is 58.9 Å². The smallest absolute Gasteiger partial charge is 0.126 e. The third kappa shape index (κ3) is 1.73. The van der Waals surface area contributed by atoms with Gasteiger partial charge < -0.3 is 10.3 Å². The van der Waals surface area contributed by atoms with Gasteiger partial charge in [-0.2, -0.15) is 0 Å². The van der Waals surface area contributed by atoms with E-state index in [0.717, 1.165) is 41.6 Å². The van der Waals surface area contributed by atoms with E-state index in [4.69, 9.17) is 5.73 Å². The van der Waals surface area contributed by atoms with Crippen molar-refractivity contribution in [1.82, 2.24) is 9.55 Å². The maximum absolute atomic E-state index is 6.23. The van der Waals surface area contributed by atoms with Crippen LogP contribution in [0.15, 0.2) is 0 Å². The average Bonchev–Trinajstić information content (AvgIpc) is 2.54. The summed E-state index contributed by atoms with van der Waals surface area (Å²) in [7, 11) is 0. The molecule has 0 aromatic carbocycles. The summed E-state index contributed by atoms with van der Waals surface area (Å²) in [6.07, 6.45) is 8.85. The highest BCUT2D eigenvalue weighted by Crippen LogP contribution is 2.60. The first-order valence-electron chi connectivity index (χ1n) is 7.84. The van der Waals surface area contributed by atoms with Crippen molar-refractivity contribution in [3.8, 4) is 0 Å². The van der Waals surface area contributed by atoms with E-state index >= 15 is 0 Å². The average molecular weight is 259 g/mol. The lowest BCUT2D eigenvalue weighted by Crippen LogP contribution is -2.48. The number of aromatic nitrogens is 2. The number of nitrogens with zero attached hydrogens (tertiary/aromatic N) is 2. The van der Waals surface area contributed by atoms with Gasteiger partial charge in [0.05, 0.1) is 5.69 Å². The number of hydrogen-bond acceptors (Lipinski definition) is 2. The predicted octanol–water partition coefficient (Wildman–Crippen LogP) is 3.30. The van der Waals surface area contributed by atoms with Crippen LogP contribution < -0.4 is 5.73 Å². The fraction of sp³-hybridized carbons (Fsp3) is 0.812. The Bertz CT molecular complexity index is 479. The van der Waals surface area contributed by atoms with Crippen LogP contribution in [0.1, 0.15) is 50.0 Å². The van der Waals surface area contributed by atoms with Gasteiger partial charge in [-0.15, -0.1) is 0 Å². The van der Waals surface area contributed by atoms with Gasteiger partial charge >= 0.3 is 0 Å². The Morgan fingerprint density at radius 2 is 1.63 bits per heavy atom. The first-order valence-corrected chi connectivity index (χ1v) is 7.84. The van der Waals surface area contributed by atoms with Crippen LogP contribution >= 0.6 is 0 Å². The molecule has 4 aliphatic carbocycles. The van der Waals surface area contributed by atoms with Gasteiger partial charge in [-0.3, -0.25) is 0 Å². The number of aryl methyl sites for hydroxylation is 2. The summed E-state index contributed by atoms with van der Waals surface area (Å²) in [5.41, 5.74) is 7.78. The molecule has 5 rings (SSSR count). The zero-order valence-electron chi connectivity index (χ0n) is 12.2. The minimum absolute atomic E-state index is 0.542. The van der Waals surface area contributed by atoms with Crippen molar-refractivity contribution < 1.29 is 0 Å². The molecule has 4 fully saturated rings. The lowest BCUT2D eigenvalue weighted by Gasteiger charge is -2.57. The minimum Gasteiger partial charge on any atom is -0.384 e. The Morgan fingerprint density at radius 3 is 2.05 bits per heavy atom. The van der Waals surface area contributed by atoms with Crippen LogP contribution in [0.5, 0.6) is 0 Å². The zero-order chi connectivity index (χ0) is 13.2. The molecule has 0 unspecified atom stereocenters. The van der Waals surface area contributed by atoms with E-state index in [0.29, 0.717) is 5.41 Å². The second kappa shape index (κ2) is 3.77. The molecule has 19 heavy (non-hydrogen) atoms. The van der Waals surface area contributed by atoms with Crippen molar-refractivity contribution in [3.63, 3.8) is 0 Å². The van der Waals surface area contributed by atoms with Crippen LogP contribution in [0.2, 0.25) is 0 Å². The van der Waals surface area contributed by atoms with E-state index in [1.54, 1.807) is 0 Å². The maximum Gasteiger partial charge on any atom is 0.126 e. The van der Waals surface area contributed by atoms with E-state index in [1.165, 1.54) is 38.5 Å². The number of nitrogen functional groups attached to an aromatic ring is 1. The van der Waals surface area contributed by atoms with Crippen molar-refractivity contribution in [1.29, 1.82) is 0 Å². The van der Waals surface area contributed by atoms with Crippen LogP contribution in [-0.4, -0.2) is 9.55 Å². The second-order valence-electron chi connectivity index (χ2n) is 7.63. The Balaban J connectivity index is 1.66. The normalized spacial score (nSPS) is 40.0. The number of imidazole rings is 1. The monoisotopic (exact) mass is 259 g/mol. The molecule has 4 saturated carbocycles. The van der Waals surface area contributed by atoms with E-state index in [2.05, 4.69) is 16.5 Å². The van der Waals surface area contributed by atoms with E-state index in [9.17, 15) is 0 Å². The number of rotatable bonds is 2. The molecule has 0 saturated heterocycles. The van der Waals surface area contributed by atoms with Gasteiger partial charge in [-0.25, -0.2) is 4.98 Å².